The zero-order chi connectivity index (χ0) is 22.1. The van der Waals surface area contributed by atoms with Gasteiger partial charge in [0.2, 0.25) is 0 Å². The van der Waals surface area contributed by atoms with E-state index in [0.29, 0.717) is 28.6 Å². The Balaban J connectivity index is 1.80. The van der Waals surface area contributed by atoms with Crippen LogP contribution in [0.4, 0.5) is 0 Å². The smallest absolute Gasteiger partial charge is 0.349 e. The predicted octanol–water partition coefficient (Wildman–Crippen LogP) is 4.40. The van der Waals surface area contributed by atoms with Crippen molar-refractivity contribution in [2.45, 2.75) is 33.2 Å². The molecule has 7 heteroatoms. The second-order valence-corrected chi connectivity index (χ2v) is 7.80. The van der Waals surface area contributed by atoms with Crippen LogP contribution in [0.1, 0.15) is 37.6 Å². The van der Waals surface area contributed by atoms with Gasteiger partial charge in [0.15, 0.2) is 0 Å². The van der Waals surface area contributed by atoms with E-state index in [9.17, 15) is 14.4 Å². The summed E-state index contributed by atoms with van der Waals surface area (Å²) in [5, 5.41) is 4.84. The van der Waals surface area contributed by atoms with Gasteiger partial charge in [-0.05, 0) is 43.5 Å². The van der Waals surface area contributed by atoms with Crippen molar-refractivity contribution in [3.8, 4) is 0 Å². The molecular formula is C24H23NO6. The second-order valence-electron chi connectivity index (χ2n) is 7.80. The number of nitrogens with one attached hydrogen (secondary N) is 1. The Morgan fingerprint density at radius 1 is 1.00 bits per heavy atom. The van der Waals surface area contributed by atoms with Gasteiger partial charge in [-0.25, -0.2) is 9.59 Å². The van der Waals surface area contributed by atoms with Crippen LogP contribution in [-0.4, -0.2) is 24.5 Å². The van der Waals surface area contributed by atoms with Crippen molar-refractivity contribution in [3.63, 3.8) is 0 Å². The van der Waals surface area contributed by atoms with Crippen LogP contribution in [0.25, 0.3) is 32.9 Å². The van der Waals surface area contributed by atoms with E-state index < -0.39 is 23.5 Å². The van der Waals surface area contributed by atoms with E-state index in [-0.39, 0.29) is 18.1 Å². The highest BCUT2D eigenvalue weighted by Crippen LogP contribution is 2.34. The number of carbonyl (C=O) groups is 2. The molecule has 160 valence electrons. The maximum Gasteiger partial charge on any atom is 0.349 e. The fraction of sp³-hybridized carbons (Fsp3) is 0.292. The summed E-state index contributed by atoms with van der Waals surface area (Å²) >= 11 is 0. The molecule has 7 nitrogen and oxygen atoms in total. The van der Waals surface area contributed by atoms with Crippen molar-refractivity contribution in [3.05, 3.63) is 58.4 Å². The molecule has 2 heterocycles. The molecule has 0 saturated carbocycles. The zero-order valence-corrected chi connectivity index (χ0v) is 17.6. The van der Waals surface area contributed by atoms with Gasteiger partial charge in [-0.2, -0.15) is 0 Å². The molecule has 1 amide bonds. The van der Waals surface area contributed by atoms with Crippen molar-refractivity contribution in [2.75, 3.05) is 6.61 Å². The maximum absolute atomic E-state index is 12.9. The quantitative estimate of drug-likeness (QED) is 0.366. The topological polar surface area (TPSA) is 98.8 Å². The summed E-state index contributed by atoms with van der Waals surface area (Å²) in [5.74, 6) is -1.07. The van der Waals surface area contributed by atoms with Crippen molar-refractivity contribution >= 4 is 44.8 Å². The SMILES string of the molecule is CCOC(=O)C(CC(C)C)NC(=O)c1cc2c(ccc3oc4ccccc4c32)oc1=O. The molecule has 0 aliphatic carbocycles. The predicted molar refractivity (Wildman–Crippen MR) is 117 cm³/mol. The summed E-state index contributed by atoms with van der Waals surface area (Å²) < 4.78 is 16.4. The number of esters is 1. The molecule has 31 heavy (non-hydrogen) atoms. The van der Waals surface area contributed by atoms with Crippen LogP contribution in [-0.2, 0) is 9.53 Å². The van der Waals surface area contributed by atoms with Crippen molar-refractivity contribution in [2.24, 2.45) is 5.92 Å². The average Bonchev–Trinajstić information content (AvgIpc) is 3.11. The lowest BCUT2D eigenvalue weighted by molar-refractivity contribution is -0.145. The molecule has 1 N–H and O–H groups in total. The molecule has 0 aliphatic heterocycles. The first kappa shape index (κ1) is 20.7. The van der Waals surface area contributed by atoms with Crippen LogP contribution < -0.4 is 10.9 Å². The van der Waals surface area contributed by atoms with Crippen molar-refractivity contribution in [1.82, 2.24) is 5.32 Å². The Morgan fingerprint density at radius 3 is 2.45 bits per heavy atom. The minimum atomic E-state index is -0.854. The average molecular weight is 421 g/mol. The first-order valence-electron chi connectivity index (χ1n) is 10.2. The summed E-state index contributed by atoms with van der Waals surface area (Å²) in [6.07, 6.45) is 0.389. The number of hydrogen-bond acceptors (Lipinski definition) is 6. The number of fused-ring (bicyclic) bond motifs is 5. The van der Waals surface area contributed by atoms with Crippen molar-refractivity contribution in [1.29, 1.82) is 0 Å². The summed E-state index contributed by atoms with van der Waals surface area (Å²) in [6.45, 7) is 5.77. The second kappa shape index (κ2) is 8.26. The van der Waals surface area contributed by atoms with Crippen LogP contribution in [0, 0.1) is 5.92 Å². The van der Waals surface area contributed by atoms with Gasteiger partial charge in [0.25, 0.3) is 5.91 Å². The van der Waals surface area contributed by atoms with Gasteiger partial charge in [-0.1, -0.05) is 32.0 Å². The molecular weight excluding hydrogens is 398 g/mol. The Hall–Kier alpha value is -3.61. The minimum Gasteiger partial charge on any atom is -0.464 e. The third-order valence-corrected chi connectivity index (χ3v) is 5.08. The maximum atomic E-state index is 12.9. The number of benzene rings is 2. The zero-order valence-electron chi connectivity index (χ0n) is 17.6. The highest BCUT2D eigenvalue weighted by molar-refractivity contribution is 6.18. The first-order chi connectivity index (χ1) is 14.9. The third kappa shape index (κ3) is 3.91. The standard InChI is InChI=1S/C24H23NO6/c1-4-29-24(28)17(11-13(2)3)25-22(26)16-12-15-19(31-23(16)27)9-10-20-21(15)14-7-5-6-8-18(14)30-20/h5-10,12-13,17H,4,11H2,1-3H3,(H,25,26). The highest BCUT2D eigenvalue weighted by atomic mass is 16.5. The van der Waals surface area contributed by atoms with Crippen LogP contribution in [0.5, 0.6) is 0 Å². The molecule has 2 aromatic carbocycles. The van der Waals surface area contributed by atoms with Gasteiger partial charge >= 0.3 is 11.6 Å². The molecule has 0 radical (unpaired) electrons. The molecule has 1 unspecified atom stereocenters. The molecule has 1 atom stereocenters. The van der Waals surface area contributed by atoms with Crippen LogP contribution >= 0.6 is 0 Å². The molecule has 0 saturated heterocycles. The number of para-hydroxylation sites is 1. The van der Waals surface area contributed by atoms with E-state index in [0.717, 1.165) is 10.8 Å². The lowest BCUT2D eigenvalue weighted by atomic mass is 10.0. The van der Waals surface area contributed by atoms with Gasteiger partial charge < -0.3 is 18.9 Å². The van der Waals surface area contributed by atoms with E-state index in [1.54, 1.807) is 19.1 Å². The van der Waals surface area contributed by atoms with Gasteiger partial charge in [0.05, 0.1) is 6.61 Å². The first-order valence-corrected chi connectivity index (χ1v) is 10.2. The number of furan rings is 1. The van der Waals surface area contributed by atoms with E-state index in [1.807, 2.05) is 38.1 Å². The third-order valence-electron chi connectivity index (χ3n) is 5.08. The molecule has 4 aromatic rings. The minimum absolute atomic E-state index is 0.139. The van der Waals surface area contributed by atoms with E-state index >= 15 is 0 Å². The molecule has 4 rings (SSSR count). The fourth-order valence-corrected chi connectivity index (χ4v) is 3.74. The van der Waals surface area contributed by atoms with E-state index in [2.05, 4.69) is 5.32 Å². The summed E-state index contributed by atoms with van der Waals surface area (Å²) in [7, 11) is 0. The number of hydrogen-bond donors (Lipinski definition) is 1. The Kier molecular flexibility index (Phi) is 5.50. The molecule has 0 bridgehead atoms. The van der Waals surface area contributed by atoms with Gasteiger partial charge in [-0.3, -0.25) is 4.79 Å². The van der Waals surface area contributed by atoms with Gasteiger partial charge in [-0.15, -0.1) is 0 Å². The lowest BCUT2D eigenvalue weighted by Gasteiger charge is -2.18. The van der Waals surface area contributed by atoms with Gasteiger partial charge in [0, 0.05) is 16.2 Å². The van der Waals surface area contributed by atoms with Gasteiger partial charge in [0.1, 0.15) is 28.4 Å². The molecule has 0 fully saturated rings. The Bertz CT molecular complexity index is 1350. The molecule has 0 aliphatic rings. The normalized spacial score (nSPS) is 12.5. The highest BCUT2D eigenvalue weighted by Gasteiger charge is 2.26. The van der Waals surface area contributed by atoms with E-state index in [1.165, 1.54) is 6.07 Å². The number of carbonyl (C=O) groups excluding carboxylic acids is 2. The molecule has 0 spiro atoms. The summed E-state index contributed by atoms with van der Waals surface area (Å²) in [5.41, 5.74) is 0.719. The lowest BCUT2D eigenvalue weighted by Crippen LogP contribution is -2.43. The number of ether oxygens (including phenoxy) is 1. The number of rotatable bonds is 6. The number of amides is 1. The summed E-state index contributed by atoms with van der Waals surface area (Å²) in [4.78, 5) is 37.8. The Labute approximate surface area is 178 Å². The molecule has 2 aromatic heterocycles. The monoisotopic (exact) mass is 421 g/mol. The van der Waals surface area contributed by atoms with E-state index in [4.69, 9.17) is 13.6 Å². The largest absolute Gasteiger partial charge is 0.464 e. The Morgan fingerprint density at radius 2 is 1.71 bits per heavy atom. The van der Waals surface area contributed by atoms with Crippen LogP contribution in [0.3, 0.4) is 0 Å². The van der Waals surface area contributed by atoms with Crippen LogP contribution in [0.2, 0.25) is 0 Å². The van der Waals surface area contributed by atoms with Crippen LogP contribution in [0.15, 0.2) is 56.1 Å². The van der Waals surface area contributed by atoms with Crippen molar-refractivity contribution < 1.29 is 23.2 Å². The fourth-order valence-electron chi connectivity index (χ4n) is 3.74. The summed E-state index contributed by atoms with van der Waals surface area (Å²) in [6, 6.07) is 11.5.